The largest absolute Gasteiger partial charge is 0.465 e. The summed E-state index contributed by atoms with van der Waals surface area (Å²) < 4.78 is 0. The maximum absolute atomic E-state index is 11.7. The van der Waals surface area contributed by atoms with Crippen LogP contribution in [0.15, 0.2) is 23.1 Å². The number of pyridine rings is 1. The number of aromatic nitrogens is 1. The van der Waals surface area contributed by atoms with Crippen molar-refractivity contribution in [3.05, 3.63) is 28.7 Å². The number of nitrogens with one attached hydrogen (secondary N) is 1. The van der Waals surface area contributed by atoms with Gasteiger partial charge in [-0.05, 0) is 37.7 Å². The van der Waals surface area contributed by atoms with E-state index in [9.17, 15) is 14.7 Å². The number of aromatic amines is 1. The van der Waals surface area contributed by atoms with Crippen molar-refractivity contribution in [1.82, 2.24) is 14.8 Å². The van der Waals surface area contributed by atoms with E-state index in [0.717, 1.165) is 44.7 Å². The topological polar surface area (TPSA) is 79.9 Å². The summed E-state index contributed by atoms with van der Waals surface area (Å²) in [5, 5.41) is 9.65. The lowest BCUT2D eigenvalue weighted by atomic mass is 9.84. The molecular weight excluding hydrogens is 332 g/mol. The molecule has 0 spiro atoms. The van der Waals surface area contributed by atoms with Crippen LogP contribution in [0.25, 0.3) is 0 Å². The number of amides is 1. The molecule has 3 aliphatic rings. The summed E-state index contributed by atoms with van der Waals surface area (Å²) in [6.45, 7) is 4.14. The monoisotopic (exact) mass is 360 g/mol. The van der Waals surface area contributed by atoms with Gasteiger partial charge >= 0.3 is 6.09 Å². The van der Waals surface area contributed by atoms with E-state index in [4.69, 9.17) is 0 Å². The summed E-state index contributed by atoms with van der Waals surface area (Å²) in [7, 11) is 0. The first-order chi connectivity index (χ1) is 12.6. The van der Waals surface area contributed by atoms with Crippen LogP contribution >= 0.6 is 0 Å². The van der Waals surface area contributed by atoms with E-state index < -0.39 is 6.09 Å². The van der Waals surface area contributed by atoms with E-state index in [1.807, 2.05) is 6.07 Å². The molecule has 26 heavy (non-hydrogen) atoms. The van der Waals surface area contributed by atoms with Crippen molar-refractivity contribution in [1.29, 1.82) is 0 Å². The molecule has 1 unspecified atom stereocenters. The van der Waals surface area contributed by atoms with Gasteiger partial charge < -0.3 is 19.9 Å². The highest BCUT2D eigenvalue weighted by Gasteiger charge is 2.39. The second-order valence-corrected chi connectivity index (χ2v) is 7.86. The zero-order chi connectivity index (χ0) is 18.1. The van der Waals surface area contributed by atoms with E-state index >= 15 is 0 Å². The lowest BCUT2D eigenvalue weighted by Crippen LogP contribution is -2.61. The second-order valence-electron chi connectivity index (χ2n) is 7.86. The molecule has 1 aromatic rings. The average Bonchev–Trinajstić information content (AvgIpc) is 2.60. The van der Waals surface area contributed by atoms with Crippen LogP contribution in [-0.4, -0.2) is 70.8 Å². The first kappa shape index (κ1) is 17.4. The SMILES string of the molecule is O=C(O)N1CCN(C2CCC2)CC1C1CCN(c2cc[nH]c(=O)c2)CC1. The number of hydrogen-bond donors (Lipinski definition) is 2. The minimum absolute atomic E-state index is 0.0786. The molecule has 7 nitrogen and oxygen atoms in total. The number of carbonyl (C=O) groups is 1. The van der Waals surface area contributed by atoms with Gasteiger partial charge in [0.1, 0.15) is 0 Å². The van der Waals surface area contributed by atoms with Gasteiger partial charge in [-0.1, -0.05) is 6.42 Å². The molecule has 1 amide bonds. The van der Waals surface area contributed by atoms with Crippen LogP contribution in [0.3, 0.4) is 0 Å². The Kier molecular flexibility index (Phi) is 4.89. The smallest absolute Gasteiger partial charge is 0.407 e. The van der Waals surface area contributed by atoms with Gasteiger partial charge in [0, 0.05) is 56.7 Å². The van der Waals surface area contributed by atoms with Crippen LogP contribution < -0.4 is 10.5 Å². The third-order valence-electron chi connectivity index (χ3n) is 6.49. The molecule has 3 heterocycles. The molecular formula is C19H28N4O3. The highest BCUT2D eigenvalue weighted by Crippen LogP contribution is 2.32. The Labute approximate surface area is 153 Å². The highest BCUT2D eigenvalue weighted by atomic mass is 16.4. The van der Waals surface area contributed by atoms with Gasteiger partial charge in [0.2, 0.25) is 5.56 Å². The zero-order valence-corrected chi connectivity index (χ0v) is 15.1. The Morgan fingerprint density at radius 3 is 2.50 bits per heavy atom. The molecule has 1 aliphatic carbocycles. The van der Waals surface area contributed by atoms with E-state index in [1.54, 1.807) is 17.2 Å². The summed E-state index contributed by atoms with van der Waals surface area (Å²) in [4.78, 5) is 32.4. The standard InChI is InChI=1S/C19H28N4O3/c24-18-12-16(4-7-20-18)21-8-5-14(6-9-21)17-13-22(15-2-1-3-15)10-11-23(17)19(25)26/h4,7,12,14-15,17H,1-3,5-6,8-11,13H2,(H,20,24)(H,25,26). The average molecular weight is 360 g/mol. The Morgan fingerprint density at radius 1 is 1.12 bits per heavy atom. The number of H-pyrrole nitrogens is 1. The normalized spacial score (nSPS) is 25.9. The molecule has 142 valence electrons. The van der Waals surface area contributed by atoms with Crippen LogP contribution in [0.4, 0.5) is 10.5 Å². The van der Waals surface area contributed by atoms with Gasteiger partial charge in [0.15, 0.2) is 0 Å². The third kappa shape index (κ3) is 3.45. The Bertz CT molecular complexity index is 694. The van der Waals surface area contributed by atoms with Gasteiger partial charge in [0.05, 0.1) is 6.04 Å². The second kappa shape index (κ2) is 7.31. The van der Waals surface area contributed by atoms with Gasteiger partial charge in [-0.25, -0.2) is 4.79 Å². The predicted octanol–water partition coefficient (Wildman–Crippen LogP) is 1.81. The van der Waals surface area contributed by atoms with Gasteiger partial charge in [-0.2, -0.15) is 0 Å². The van der Waals surface area contributed by atoms with Crippen molar-refractivity contribution in [2.75, 3.05) is 37.6 Å². The molecule has 0 radical (unpaired) electrons. The first-order valence-electron chi connectivity index (χ1n) is 9.79. The fourth-order valence-corrected chi connectivity index (χ4v) is 4.73. The van der Waals surface area contributed by atoms with Gasteiger partial charge in [-0.3, -0.25) is 9.69 Å². The van der Waals surface area contributed by atoms with Crippen LogP contribution in [0, 0.1) is 5.92 Å². The van der Waals surface area contributed by atoms with Gasteiger partial charge in [0.25, 0.3) is 0 Å². The fourth-order valence-electron chi connectivity index (χ4n) is 4.73. The van der Waals surface area contributed by atoms with Crippen molar-refractivity contribution in [2.24, 2.45) is 5.92 Å². The van der Waals surface area contributed by atoms with Crippen LogP contribution in [0.5, 0.6) is 0 Å². The summed E-state index contributed by atoms with van der Waals surface area (Å²) in [5.41, 5.74) is 0.882. The maximum Gasteiger partial charge on any atom is 0.407 e. The lowest BCUT2D eigenvalue weighted by Gasteiger charge is -2.49. The molecule has 2 saturated heterocycles. The summed E-state index contributed by atoms with van der Waals surface area (Å²) in [6.07, 6.45) is 6.69. The molecule has 1 aromatic heterocycles. The molecule has 7 heteroatoms. The number of anilines is 1. The minimum atomic E-state index is -0.778. The zero-order valence-electron chi connectivity index (χ0n) is 15.1. The van der Waals surface area contributed by atoms with Crippen LogP contribution in [0.2, 0.25) is 0 Å². The number of rotatable bonds is 3. The molecule has 3 fully saturated rings. The number of hydrogen-bond acceptors (Lipinski definition) is 4. The maximum atomic E-state index is 11.7. The summed E-state index contributed by atoms with van der Waals surface area (Å²) >= 11 is 0. The Balaban J connectivity index is 1.42. The van der Waals surface area contributed by atoms with Crippen molar-refractivity contribution >= 4 is 11.8 Å². The molecule has 2 aliphatic heterocycles. The van der Waals surface area contributed by atoms with Crippen LogP contribution in [0.1, 0.15) is 32.1 Å². The highest BCUT2D eigenvalue weighted by molar-refractivity contribution is 5.65. The fraction of sp³-hybridized carbons (Fsp3) is 0.684. The third-order valence-corrected chi connectivity index (χ3v) is 6.49. The van der Waals surface area contributed by atoms with Crippen molar-refractivity contribution < 1.29 is 9.90 Å². The lowest BCUT2D eigenvalue weighted by molar-refractivity contribution is 0.00375. The first-order valence-corrected chi connectivity index (χ1v) is 9.79. The molecule has 2 N–H and O–H groups in total. The summed E-state index contributed by atoms with van der Waals surface area (Å²) in [6, 6.07) is 4.35. The van der Waals surface area contributed by atoms with E-state index in [2.05, 4.69) is 14.8 Å². The molecule has 1 saturated carbocycles. The van der Waals surface area contributed by atoms with Crippen molar-refractivity contribution in [2.45, 2.75) is 44.2 Å². The number of nitrogens with zero attached hydrogens (tertiary/aromatic N) is 3. The molecule has 0 bridgehead atoms. The van der Waals surface area contributed by atoms with E-state index in [0.29, 0.717) is 18.5 Å². The quantitative estimate of drug-likeness (QED) is 0.859. The number of piperazine rings is 1. The summed E-state index contributed by atoms with van der Waals surface area (Å²) in [5.74, 6) is 0.396. The molecule has 1 atom stereocenters. The van der Waals surface area contributed by atoms with E-state index in [1.165, 1.54) is 19.3 Å². The van der Waals surface area contributed by atoms with Crippen molar-refractivity contribution in [3.63, 3.8) is 0 Å². The predicted molar refractivity (Wildman–Crippen MR) is 99.7 cm³/mol. The number of carboxylic acid groups (broad SMARTS) is 1. The van der Waals surface area contributed by atoms with Gasteiger partial charge in [-0.15, -0.1) is 0 Å². The van der Waals surface area contributed by atoms with Crippen LogP contribution in [-0.2, 0) is 0 Å². The van der Waals surface area contributed by atoms with E-state index in [-0.39, 0.29) is 11.6 Å². The molecule has 4 rings (SSSR count). The van der Waals surface area contributed by atoms with Crippen molar-refractivity contribution in [3.8, 4) is 0 Å². The Hall–Kier alpha value is -2.02. The Morgan fingerprint density at radius 2 is 1.88 bits per heavy atom. The minimum Gasteiger partial charge on any atom is -0.465 e. The molecule has 0 aromatic carbocycles. The number of piperidine rings is 1.